The Balaban J connectivity index is 1.69. The predicted molar refractivity (Wildman–Crippen MR) is 72.0 cm³/mol. The van der Waals surface area contributed by atoms with Crippen LogP contribution in [0.25, 0.3) is 0 Å². The van der Waals surface area contributed by atoms with E-state index >= 15 is 0 Å². The van der Waals surface area contributed by atoms with Crippen molar-refractivity contribution in [2.45, 2.75) is 57.9 Å². The lowest BCUT2D eigenvalue weighted by Crippen LogP contribution is -2.41. The Kier molecular flexibility index (Phi) is 3.13. The predicted octanol–water partition coefficient (Wildman–Crippen LogP) is 2.15. The molecule has 18 heavy (non-hydrogen) atoms. The third kappa shape index (κ3) is 1.97. The van der Waals surface area contributed by atoms with Crippen LogP contribution < -0.4 is 5.73 Å². The lowest BCUT2D eigenvalue weighted by Gasteiger charge is -2.30. The molecule has 3 heteroatoms. The number of carbonyl (C=O) groups is 1. The van der Waals surface area contributed by atoms with Crippen LogP contribution in [-0.2, 0) is 4.79 Å². The summed E-state index contributed by atoms with van der Waals surface area (Å²) in [4.78, 5) is 14.8. The fourth-order valence-electron chi connectivity index (χ4n) is 4.43. The lowest BCUT2D eigenvalue weighted by atomic mass is 9.78. The summed E-state index contributed by atoms with van der Waals surface area (Å²) in [5.74, 6) is 1.68. The minimum Gasteiger partial charge on any atom is -0.342 e. The van der Waals surface area contributed by atoms with E-state index in [1.807, 2.05) is 0 Å². The zero-order chi connectivity index (χ0) is 12.8. The molecule has 3 atom stereocenters. The van der Waals surface area contributed by atoms with Gasteiger partial charge in [0.15, 0.2) is 0 Å². The van der Waals surface area contributed by atoms with E-state index in [1.165, 1.54) is 25.7 Å². The van der Waals surface area contributed by atoms with E-state index in [9.17, 15) is 4.79 Å². The van der Waals surface area contributed by atoms with E-state index in [-0.39, 0.29) is 5.41 Å². The summed E-state index contributed by atoms with van der Waals surface area (Å²) in [5, 5.41) is 0. The maximum atomic E-state index is 12.7. The first-order valence-electron chi connectivity index (χ1n) is 7.65. The zero-order valence-electron chi connectivity index (χ0n) is 11.5. The molecule has 3 unspecified atom stereocenters. The summed E-state index contributed by atoms with van der Waals surface area (Å²) in [5.41, 5.74) is 6.17. The molecule has 0 aromatic rings. The summed E-state index contributed by atoms with van der Waals surface area (Å²) in [6.45, 7) is 4.08. The Hall–Kier alpha value is -0.570. The summed E-state index contributed by atoms with van der Waals surface area (Å²) < 4.78 is 0. The minimum absolute atomic E-state index is 0.0579. The second kappa shape index (κ2) is 4.52. The molecule has 1 heterocycles. The highest BCUT2D eigenvalue weighted by Gasteiger charge is 2.45. The van der Waals surface area contributed by atoms with Crippen LogP contribution in [0.4, 0.5) is 0 Å². The van der Waals surface area contributed by atoms with Crippen molar-refractivity contribution in [3.05, 3.63) is 0 Å². The van der Waals surface area contributed by atoms with E-state index in [2.05, 4.69) is 11.8 Å². The lowest BCUT2D eigenvalue weighted by molar-refractivity contribution is -0.140. The number of likely N-dealkylation sites (tertiary alicyclic amines) is 1. The van der Waals surface area contributed by atoms with E-state index in [0.717, 1.165) is 32.4 Å². The average molecular weight is 250 g/mol. The molecule has 2 aliphatic carbocycles. The molecule has 2 N–H and O–H groups in total. The maximum absolute atomic E-state index is 12.7. The third-order valence-corrected chi connectivity index (χ3v) is 5.66. The van der Waals surface area contributed by atoms with Crippen LogP contribution in [-0.4, -0.2) is 29.9 Å². The summed E-state index contributed by atoms with van der Waals surface area (Å²) in [7, 11) is 0. The number of amides is 1. The molecule has 1 aliphatic heterocycles. The number of nitrogens with zero attached hydrogens (tertiary/aromatic N) is 1. The van der Waals surface area contributed by atoms with Crippen molar-refractivity contribution in [1.29, 1.82) is 0 Å². The molecular weight excluding hydrogens is 224 g/mol. The molecule has 3 nitrogen and oxygen atoms in total. The van der Waals surface area contributed by atoms with Gasteiger partial charge in [-0.15, -0.1) is 0 Å². The van der Waals surface area contributed by atoms with Gasteiger partial charge in [0.25, 0.3) is 0 Å². The van der Waals surface area contributed by atoms with Crippen molar-refractivity contribution in [1.82, 2.24) is 4.90 Å². The van der Waals surface area contributed by atoms with Crippen molar-refractivity contribution in [3.63, 3.8) is 0 Å². The van der Waals surface area contributed by atoms with Gasteiger partial charge in [-0.25, -0.2) is 0 Å². The Labute approximate surface area is 110 Å². The molecule has 2 saturated carbocycles. The molecule has 0 aromatic heterocycles. The van der Waals surface area contributed by atoms with Crippen molar-refractivity contribution in [2.24, 2.45) is 23.0 Å². The molecule has 1 amide bonds. The average Bonchev–Trinajstić information content (AvgIpc) is 2.96. The van der Waals surface area contributed by atoms with Gasteiger partial charge in [0.05, 0.1) is 0 Å². The monoisotopic (exact) mass is 250 g/mol. The van der Waals surface area contributed by atoms with Gasteiger partial charge in [-0.05, 0) is 37.5 Å². The van der Waals surface area contributed by atoms with E-state index < -0.39 is 0 Å². The largest absolute Gasteiger partial charge is 0.342 e. The van der Waals surface area contributed by atoms with Crippen LogP contribution in [0, 0.1) is 17.3 Å². The quantitative estimate of drug-likeness (QED) is 0.775. The Morgan fingerprint density at radius 2 is 1.89 bits per heavy atom. The first kappa shape index (κ1) is 12.5. The Bertz CT molecular complexity index is 335. The zero-order valence-corrected chi connectivity index (χ0v) is 11.5. The highest BCUT2D eigenvalue weighted by Crippen LogP contribution is 2.42. The molecule has 0 aromatic carbocycles. The molecule has 3 fully saturated rings. The fourth-order valence-corrected chi connectivity index (χ4v) is 4.43. The molecule has 102 valence electrons. The maximum Gasteiger partial charge on any atom is 0.228 e. The normalized spacial score (nSPS) is 38.8. The van der Waals surface area contributed by atoms with E-state index in [1.54, 1.807) is 0 Å². The van der Waals surface area contributed by atoms with Crippen LogP contribution >= 0.6 is 0 Å². The summed E-state index contributed by atoms with van der Waals surface area (Å²) >= 11 is 0. The fraction of sp³-hybridized carbons (Fsp3) is 0.933. The van der Waals surface area contributed by atoms with Crippen LogP contribution in [0.15, 0.2) is 0 Å². The van der Waals surface area contributed by atoms with Gasteiger partial charge in [0, 0.05) is 24.5 Å². The van der Waals surface area contributed by atoms with Gasteiger partial charge >= 0.3 is 0 Å². The highest BCUT2D eigenvalue weighted by molar-refractivity contribution is 5.83. The molecule has 3 rings (SSSR count). The van der Waals surface area contributed by atoms with Crippen molar-refractivity contribution >= 4 is 5.91 Å². The van der Waals surface area contributed by atoms with Gasteiger partial charge in [0.2, 0.25) is 5.91 Å². The summed E-state index contributed by atoms with van der Waals surface area (Å²) in [6, 6.07) is 0.331. The van der Waals surface area contributed by atoms with Gasteiger partial charge in [-0.2, -0.15) is 0 Å². The molecule has 0 spiro atoms. The number of carbonyl (C=O) groups excluding carboxylic acids is 1. The standard InChI is InChI=1S/C15H26N2O/c1-15(7-2-3-8-15)14(18)17-9-11-5-4-6-13(16)12(11)10-17/h11-13H,2-10,16H2,1H3. The van der Waals surface area contributed by atoms with Crippen LogP contribution in [0.1, 0.15) is 51.9 Å². The van der Waals surface area contributed by atoms with Gasteiger partial charge in [-0.1, -0.05) is 26.2 Å². The first-order chi connectivity index (χ1) is 8.60. The van der Waals surface area contributed by atoms with E-state index in [0.29, 0.717) is 23.8 Å². The van der Waals surface area contributed by atoms with Gasteiger partial charge < -0.3 is 10.6 Å². The van der Waals surface area contributed by atoms with Crippen molar-refractivity contribution < 1.29 is 4.79 Å². The number of rotatable bonds is 1. The number of nitrogens with two attached hydrogens (primary N) is 1. The highest BCUT2D eigenvalue weighted by atomic mass is 16.2. The SMILES string of the molecule is CC1(C(=O)N2CC3CCCC(N)C3C2)CCCC1. The second-order valence-corrected chi connectivity index (χ2v) is 7.00. The van der Waals surface area contributed by atoms with Crippen molar-refractivity contribution in [3.8, 4) is 0 Å². The molecule has 1 saturated heterocycles. The number of fused-ring (bicyclic) bond motifs is 1. The first-order valence-corrected chi connectivity index (χ1v) is 7.65. The Morgan fingerprint density at radius 1 is 1.17 bits per heavy atom. The number of hydrogen-bond acceptors (Lipinski definition) is 2. The van der Waals surface area contributed by atoms with Gasteiger partial charge in [0.1, 0.15) is 0 Å². The summed E-state index contributed by atoms with van der Waals surface area (Å²) in [6.07, 6.45) is 8.30. The smallest absolute Gasteiger partial charge is 0.228 e. The van der Waals surface area contributed by atoms with E-state index in [4.69, 9.17) is 5.73 Å². The van der Waals surface area contributed by atoms with Crippen LogP contribution in [0.3, 0.4) is 0 Å². The Morgan fingerprint density at radius 3 is 2.56 bits per heavy atom. The second-order valence-electron chi connectivity index (χ2n) is 7.00. The molecule has 0 bridgehead atoms. The molecule has 0 radical (unpaired) electrons. The third-order valence-electron chi connectivity index (χ3n) is 5.66. The van der Waals surface area contributed by atoms with Crippen LogP contribution in [0.2, 0.25) is 0 Å². The molecule has 3 aliphatic rings. The topological polar surface area (TPSA) is 46.3 Å². The minimum atomic E-state index is -0.0579. The van der Waals surface area contributed by atoms with Crippen LogP contribution in [0.5, 0.6) is 0 Å². The van der Waals surface area contributed by atoms with Crippen molar-refractivity contribution in [2.75, 3.05) is 13.1 Å². The van der Waals surface area contributed by atoms with Gasteiger partial charge in [-0.3, -0.25) is 4.79 Å². The number of hydrogen-bond donors (Lipinski definition) is 1. The molecular formula is C15H26N2O.